The molecule has 1 aliphatic rings. The first kappa shape index (κ1) is 26.2. The molecule has 2 amide bonds. The number of fused-ring (bicyclic) bond motifs is 3. The van der Waals surface area contributed by atoms with Gasteiger partial charge in [-0.05, 0) is 34.1 Å². The molecule has 0 aromatic heterocycles. The lowest BCUT2D eigenvalue weighted by Crippen LogP contribution is -2.43. The first-order valence-corrected chi connectivity index (χ1v) is 11.8. The van der Waals surface area contributed by atoms with Gasteiger partial charge in [0.2, 0.25) is 5.91 Å². The number of ether oxygens (including phenoxy) is 2. The Balaban J connectivity index is 1.33. The molecule has 0 saturated heterocycles. The van der Waals surface area contributed by atoms with Crippen LogP contribution in [0.15, 0.2) is 48.5 Å². The van der Waals surface area contributed by atoms with E-state index in [0.29, 0.717) is 6.42 Å². The second-order valence-electron chi connectivity index (χ2n) is 9.84. The van der Waals surface area contributed by atoms with Gasteiger partial charge in [-0.25, -0.2) is 9.59 Å². The van der Waals surface area contributed by atoms with Gasteiger partial charge in [-0.3, -0.25) is 4.79 Å². The quantitative estimate of drug-likeness (QED) is 0.418. The normalized spacial score (nSPS) is 13.5. The van der Waals surface area contributed by atoms with Crippen LogP contribution in [0.25, 0.3) is 11.1 Å². The third kappa shape index (κ3) is 7.55. The molecule has 2 aromatic rings. The summed E-state index contributed by atoms with van der Waals surface area (Å²) in [5.41, 5.74) is 4.41. The molecule has 0 aliphatic heterocycles. The Morgan fingerprint density at radius 2 is 1.57 bits per heavy atom. The number of hydrogen-bond donors (Lipinski definition) is 3. The Hall–Kier alpha value is -3.39. The van der Waals surface area contributed by atoms with E-state index in [2.05, 4.69) is 34.9 Å². The average molecular weight is 483 g/mol. The third-order valence-electron chi connectivity index (χ3n) is 5.78. The number of alkyl carbamates (subject to hydrolysis) is 1. The van der Waals surface area contributed by atoms with E-state index < -0.39 is 18.1 Å². The summed E-state index contributed by atoms with van der Waals surface area (Å²) in [5, 5.41) is 14.5. The molecule has 1 aliphatic carbocycles. The number of carbonyl (C=O) groups excluding carboxylic acids is 2. The lowest BCUT2D eigenvalue weighted by atomic mass is 9.88. The van der Waals surface area contributed by atoms with Crippen LogP contribution in [-0.2, 0) is 19.1 Å². The summed E-state index contributed by atoms with van der Waals surface area (Å²) in [4.78, 5) is 35.5. The molecule has 8 heteroatoms. The third-order valence-corrected chi connectivity index (χ3v) is 5.78. The molecule has 1 atom stereocenters. The van der Waals surface area contributed by atoms with E-state index in [1.54, 1.807) is 0 Å². The zero-order chi connectivity index (χ0) is 25.4. The molecule has 0 heterocycles. The molecule has 0 spiro atoms. The molecule has 0 bridgehead atoms. The van der Waals surface area contributed by atoms with Gasteiger partial charge in [-0.15, -0.1) is 0 Å². The predicted molar refractivity (Wildman–Crippen MR) is 132 cm³/mol. The minimum Gasteiger partial charge on any atom is -0.480 e. The Kier molecular flexibility index (Phi) is 8.87. The Bertz CT molecular complexity index is 1000. The maximum Gasteiger partial charge on any atom is 0.407 e. The Labute approximate surface area is 206 Å². The molecular formula is C27H34N2O6. The van der Waals surface area contributed by atoms with E-state index in [9.17, 15) is 19.5 Å². The van der Waals surface area contributed by atoms with Crippen LogP contribution < -0.4 is 10.6 Å². The van der Waals surface area contributed by atoms with E-state index in [0.717, 1.165) is 11.1 Å². The van der Waals surface area contributed by atoms with Gasteiger partial charge in [0.1, 0.15) is 12.6 Å². The zero-order valence-electron chi connectivity index (χ0n) is 20.5. The van der Waals surface area contributed by atoms with Crippen molar-refractivity contribution in [2.45, 2.75) is 45.6 Å². The fourth-order valence-electron chi connectivity index (χ4n) is 4.22. The summed E-state index contributed by atoms with van der Waals surface area (Å²) in [6.45, 7) is 6.56. The fraction of sp³-hybridized carbons (Fsp3) is 0.444. The van der Waals surface area contributed by atoms with Gasteiger partial charge in [-0.2, -0.15) is 0 Å². The highest BCUT2D eigenvalue weighted by Gasteiger charge is 2.29. The lowest BCUT2D eigenvalue weighted by Gasteiger charge is -2.23. The molecule has 0 saturated carbocycles. The smallest absolute Gasteiger partial charge is 0.407 e. The van der Waals surface area contributed by atoms with Crippen molar-refractivity contribution in [1.82, 2.24) is 10.6 Å². The fourth-order valence-corrected chi connectivity index (χ4v) is 4.22. The van der Waals surface area contributed by atoms with Crippen LogP contribution in [0.1, 0.15) is 50.7 Å². The largest absolute Gasteiger partial charge is 0.480 e. The van der Waals surface area contributed by atoms with Gasteiger partial charge in [-0.1, -0.05) is 69.3 Å². The van der Waals surface area contributed by atoms with E-state index in [4.69, 9.17) is 9.47 Å². The SMILES string of the molecule is CC(C)(C)CC(NC(=O)CCOCCNC(=O)OCC1c2ccccc2-c2ccccc21)C(=O)O. The molecule has 0 fully saturated rings. The number of aliphatic carboxylic acids is 1. The van der Waals surface area contributed by atoms with Crippen molar-refractivity contribution in [2.24, 2.45) is 5.41 Å². The van der Waals surface area contributed by atoms with Crippen LogP contribution in [-0.4, -0.2) is 55.5 Å². The summed E-state index contributed by atoms with van der Waals surface area (Å²) in [6.07, 6.45) is -0.155. The van der Waals surface area contributed by atoms with E-state index in [1.807, 2.05) is 45.0 Å². The second-order valence-corrected chi connectivity index (χ2v) is 9.84. The van der Waals surface area contributed by atoms with Gasteiger partial charge in [0.05, 0.1) is 13.2 Å². The van der Waals surface area contributed by atoms with Gasteiger partial charge < -0.3 is 25.2 Å². The minimum absolute atomic E-state index is 0.00387. The number of amides is 2. The summed E-state index contributed by atoms with van der Waals surface area (Å²) in [7, 11) is 0. The molecule has 35 heavy (non-hydrogen) atoms. The van der Waals surface area contributed by atoms with Crippen LogP contribution in [0.3, 0.4) is 0 Å². The van der Waals surface area contributed by atoms with Crippen LogP contribution in [0.4, 0.5) is 4.79 Å². The molecule has 3 N–H and O–H groups in total. The summed E-state index contributed by atoms with van der Waals surface area (Å²) in [6, 6.07) is 15.3. The van der Waals surface area contributed by atoms with Crippen molar-refractivity contribution < 1.29 is 29.0 Å². The Morgan fingerprint density at radius 1 is 0.971 bits per heavy atom. The summed E-state index contributed by atoms with van der Waals surface area (Å²) >= 11 is 0. The summed E-state index contributed by atoms with van der Waals surface area (Å²) in [5.74, 6) is -1.44. The first-order chi connectivity index (χ1) is 16.7. The minimum atomic E-state index is -1.05. The van der Waals surface area contributed by atoms with Crippen LogP contribution in [0.5, 0.6) is 0 Å². The molecule has 2 aromatic carbocycles. The van der Waals surface area contributed by atoms with Gasteiger partial charge >= 0.3 is 12.1 Å². The second kappa shape index (κ2) is 11.8. The molecule has 3 rings (SSSR count). The highest BCUT2D eigenvalue weighted by molar-refractivity contribution is 5.83. The maximum atomic E-state index is 12.2. The lowest BCUT2D eigenvalue weighted by molar-refractivity contribution is -0.142. The van der Waals surface area contributed by atoms with Crippen LogP contribution in [0.2, 0.25) is 0 Å². The highest BCUT2D eigenvalue weighted by atomic mass is 16.5. The number of carboxylic acid groups (broad SMARTS) is 1. The van der Waals surface area contributed by atoms with Crippen LogP contribution >= 0.6 is 0 Å². The molecule has 1 unspecified atom stereocenters. The van der Waals surface area contributed by atoms with E-state index in [-0.39, 0.29) is 50.0 Å². The monoisotopic (exact) mass is 482 g/mol. The molecule has 8 nitrogen and oxygen atoms in total. The Morgan fingerprint density at radius 3 is 2.14 bits per heavy atom. The number of carbonyl (C=O) groups is 3. The number of rotatable bonds is 11. The highest BCUT2D eigenvalue weighted by Crippen LogP contribution is 2.44. The zero-order valence-corrected chi connectivity index (χ0v) is 20.5. The maximum absolute atomic E-state index is 12.2. The van der Waals surface area contributed by atoms with Crippen molar-refractivity contribution in [3.05, 3.63) is 59.7 Å². The number of nitrogens with one attached hydrogen (secondary N) is 2. The van der Waals surface area contributed by atoms with E-state index in [1.165, 1.54) is 11.1 Å². The molecule has 188 valence electrons. The van der Waals surface area contributed by atoms with Crippen molar-refractivity contribution in [1.29, 1.82) is 0 Å². The van der Waals surface area contributed by atoms with Gasteiger partial charge in [0, 0.05) is 18.9 Å². The number of benzene rings is 2. The average Bonchev–Trinajstić information content (AvgIpc) is 3.12. The van der Waals surface area contributed by atoms with E-state index >= 15 is 0 Å². The standard InChI is InChI=1S/C27H34N2O6/c1-27(2,3)16-23(25(31)32)29-24(30)12-14-34-15-13-28-26(33)35-17-22-20-10-6-4-8-18(20)19-9-5-7-11-21(19)22/h4-11,22-23H,12-17H2,1-3H3,(H,28,33)(H,29,30)(H,31,32). The predicted octanol–water partition coefficient (Wildman–Crippen LogP) is 3.94. The number of carboxylic acids is 1. The topological polar surface area (TPSA) is 114 Å². The summed E-state index contributed by atoms with van der Waals surface area (Å²) < 4.78 is 10.9. The van der Waals surface area contributed by atoms with Crippen molar-refractivity contribution in [3.8, 4) is 11.1 Å². The van der Waals surface area contributed by atoms with Crippen LogP contribution in [0, 0.1) is 5.41 Å². The van der Waals surface area contributed by atoms with Crippen molar-refractivity contribution in [3.63, 3.8) is 0 Å². The first-order valence-electron chi connectivity index (χ1n) is 11.8. The molecular weight excluding hydrogens is 448 g/mol. The van der Waals surface area contributed by atoms with Crippen molar-refractivity contribution in [2.75, 3.05) is 26.4 Å². The van der Waals surface area contributed by atoms with Crippen molar-refractivity contribution >= 4 is 18.0 Å². The number of hydrogen-bond acceptors (Lipinski definition) is 5. The molecule has 0 radical (unpaired) electrons. The van der Waals surface area contributed by atoms with Gasteiger partial charge in [0.25, 0.3) is 0 Å². The van der Waals surface area contributed by atoms with Gasteiger partial charge in [0.15, 0.2) is 0 Å².